The fraction of sp³-hybridized carbons (Fsp3) is 1.00. The zero-order valence-corrected chi connectivity index (χ0v) is 8.11. The number of aliphatic hydroxyl groups is 2. The van der Waals surface area contributed by atoms with Crippen molar-refractivity contribution in [2.45, 2.75) is 38.9 Å². The van der Waals surface area contributed by atoms with Crippen molar-refractivity contribution in [3.05, 3.63) is 0 Å². The number of hydrogen-bond donors (Lipinski definition) is 5. The molecule has 0 aliphatic carbocycles. The van der Waals surface area contributed by atoms with Gasteiger partial charge < -0.3 is 20.0 Å². The Morgan fingerprint density at radius 2 is 1.67 bits per heavy atom. The van der Waals surface area contributed by atoms with E-state index in [0.29, 0.717) is 6.42 Å². The summed E-state index contributed by atoms with van der Waals surface area (Å²) >= 11 is 0. The predicted octanol–water partition coefficient (Wildman–Crippen LogP) is 0.0340. The number of rotatable bonds is 4. The molecular weight excluding hydrogens is 181 g/mol. The van der Waals surface area contributed by atoms with Gasteiger partial charge in [-0.2, -0.15) is 0 Å². The SMILES string of the molecule is CCCCCC(O)O.NP(O)O. The van der Waals surface area contributed by atoms with E-state index in [2.05, 4.69) is 12.4 Å². The van der Waals surface area contributed by atoms with Gasteiger partial charge in [-0.25, -0.2) is 0 Å². The molecule has 12 heavy (non-hydrogen) atoms. The lowest BCUT2D eigenvalue weighted by molar-refractivity contribution is -0.0465. The Morgan fingerprint density at radius 1 is 1.25 bits per heavy atom. The monoisotopic (exact) mass is 199 g/mol. The summed E-state index contributed by atoms with van der Waals surface area (Å²) in [7, 11) is -2.12. The second-order valence-corrected chi connectivity index (χ2v) is 2.94. The Balaban J connectivity index is 0. The van der Waals surface area contributed by atoms with E-state index < -0.39 is 14.8 Å². The minimum atomic E-state index is -2.12. The van der Waals surface area contributed by atoms with Gasteiger partial charge in [0.05, 0.1) is 0 Å². The van der Waals surface area contributed by atoms with E-state index in [9.17, 15) is 0 Å². The van der Waals surface area contributed by atoms with Crippen molar-refractivity contribution in [2.24, 2.45) is 5.50 Å². The van der Waals surface area contributed by atoms with Crippen molar-refractivity contribution in [3.63, 3.8) is 0 Å². The van der Waals surface area contributed by atoms with Crippen molar-refractivity contribution in [2.75, 3.05) is 0 Å². The minimum Gasteiger partial charge on any atom is -0.368 e. The normalized spacial score (nSPS) is 10.0. The molecule has 0 unspecified atom stereocenters. The maximum atomic E-state index is 8.33. The maximum absolute atomic E-state index is 8.33. The van der Waals surface area contributed by atoms with Crippen molar-refractivity contribution >= 4 is 8.53 Å². The summed E-state index contributed by atoms with van der Waals surface area (Å²) in [5, 5.41) is 16.7. The molecule has 0 fully saturated rings. The summed E-state index contributed by atoms with van der Waals surface area (Å²) in [6, 6.07) is 0. The summed E-state index contributed by atoms with van der Waals surface area (Å²) < 4.78 is 0. The molecule has 0 atom stereocenters. The van der Waals surface area contributed by atoms with Gasteiger partial charge in [0.15, 0.2) is 6.29 Å². The lowest BCUT2D eigenvalue weighted by Gasteiger charge is -1.99. The molecule has 0 aromatic rings. The van der Waals surface area contributed by atoms with Crippen molar-refractivity contribution < 1.29 is 20.0 Å². The first kappa shape index (κ1) is 14.7. The molecule has 0 aliphatic rings. The molecule has 0 aromatic heterocycles. The highest BCUT2D eigenvalue weighted by molar-refractivity contribution is 7.42. The van der Waals surface area contributed by atoms with E-state index in [0.717, 1.165) is 19.3 Å². The van der Waals surface area contributed by atoms with Crippen LogP contribution in [0.5, 0.6) is 0 Å². The molecule has 76 valence electrons. The number of nitrogens with two attached hydrogens (primary N) is 1. The first-order valence-electron chi connectivity index (χ1n) is 3.79. The molecule has 6 N–H and O–H groups in total. The van der Waals surface area contributed by atoms with Gasteiger partial charge in [0.2, 0.25) is 8.53 Å². The molecular formula is C6H18NO4P. The van der Waals surface area contributed by atoms with E-state index in [1.54, 1.807) is 0 Å². The molecule has 5 nitrogen and oxygen atoms in total. The van der Waals surface area contributed by atoms with Crippen LogP contribution in [-0.2, 0) is 0 Å². The third-order valence-corrected chi connectivity index (χ3v) is 1.07. The second kappa shape index (κ2) is 11.2. The molecule has 0 aliphatic heterocycles. The number of hydrogen-bond acceptors (Lipinski definition) is 5. The van der Waals surface area contributed by atoms with Crippen molar-refractivity contribution in [3.8, 4) is 0 Å². The molecule has 6 heteroatoms. The fourth-order valence-electron chi connectivity index (χ4n) is 0.577. The molecule has 0 radical (unpaired) electrons. The number of unbranched alkanes of at least 4 members (excludes halogenated alkanes) is 2. The van der Waals surface area contributed by atoms with Gasteiger partial charge >= 0.3 is 0 Å². The first-order valence-corrected chi connectivity index (χ1v) is 5.11. The molecule has 0 spiro atoms. The Labute approximate surface area is 73.8 Å². The van der Waals surface area contributed by atoms with Gasteiger partial charge in [-0.3, -0.25) is 5.50 Å². The summed E-state index contributed by atoms with van der Waals surface area (Å²) in [5.74, 6) is 0. The summed E-state index contributed by atoms with van der Waals surface area (Å²) in [6.45, 7) is 2.09. The molecule has 0 saturated carbocycles. The van der Waals surface area contributed by atoms with Crippen LogP contribution in [0.2, 0.25) is 0 Å². The fourth-order valence-corrected chi connectivity index (χ4v) is 0.577. The van der Waals surface area contributed by atoms with Crippen LogP contribution < -0.4 is 5.50 Å². The van der Waals surface area contributed by atoms with Crippen LogP contribution >= 0.6 is 8.53 Å². The Kier molecular flexibility index (Phi) is 13.8. The lowest BCUT2D eigenvalue weighted by Crippen LogP contribution is -2.02. The van der Waals surface area contributed by atoms with Gasteiger partial charge in [0.25, 0.3) is 0 Å². The van der Waals surface area contributed by atoms with Crippen LogP contribution in [0.3, 0.4) is 0 Å². The quantitative estimate of drug-likeness (QED) is 0.249. The highest BCUT2D eigenvalue weighted by atomic mass is 31.2. The molecule has 0 aromatic carbocycles. The Morgan fingerprint density at radius 3 is 1.92 bits per heavy atom. The van der Waals surface area contributed by atoms with Crippen molar-refractivity contribution in [1.29, 1.82) is 0 Å². The van der Waals surface area contributed by atoms with Gasteiger partial charge in [-0.05, 0) is 12.8 Å². The van der Waals surface area contributed by atoms with Crippen LogP contribution in [-0.4, -0.2) is 26.3 Å². The van der Waals surface area contributed by atoms with Crippen LogP contribution in [0.15, 0.2) is 0 Å². The highest BCUT2D eigenvalue weighted by Gasteiger charge is 1.93. The van der Waals surface area contributed by atoms with E-state index >= 15 is 0 Å². The molecule has 0 bridgehead atoms. The zero-order valence-electron chi connectivity index (χ0n) is 7.22. The zero-order chi connectivity index (χ0) is 9.98. The predicted molar refractivity (Wildman–Crippen MR) is 47.9 cm³/mol. The Hall–Kier alpha value is 0.230. The average Bonchev–Trinajstić information content (AvgIpc) is 1.86. The van der Waals surface area contributed by atoms with Crippen LogP contribution in [0, 0.1) is 0 Å². The molecule has 0 saturated heterocycles. The third-order valence-electron chi connectivity index (χ3n) is 1.07. The summed E-state index contributed by atoms with van der Waals surface area (Å²) in [6.07, 6.45) is 2.58. The molecule has 0 amide bonds. The standard InChI is InChI=1S/C6H14O2.H4NO2P/c1-2-3-4-5-6(7)8;1-4(2)3/h6-8H,2-5H2,1H3;2-3H,1H2. The third kappa shape index (κ3) is 31.9. The van der Waals surface area contributed by atoms with Crippen LogP contribution in [0.1, 0.15) is 32.6 Å². The maximum Gasteiger partial charge on any atom is 0.247 e. The molecule has 0 rings (SSSR count). The first-order chi connectivity index (χ1) is 5.50. The van der Waals surface area contributed by atoms with Crippen LogP contribution in [0.4, 0.5) is 0 Å². The smallest absolute Gasteiger partial charge is 0.247 e. The van der Waals surface area contributed by atoms with E-state index in [1.165, 1.54) is 0 Å². The van der Waals surface area contributed by atoms with E-state index in [1.807, 2.05) is 0 Å². The van der Waals surface area contributed by atoms with Gasteiger partial charge in [0, 0.05) is 0 Å². The highest BCUT2D eigenvalue weighted by Crippen LogP contribution is 2.05. The number of aliphatic hydroxyl groups excluding tert-OH is 1. The summed E-state index contributed by atoms with van der Waals surface area (Å²) in [5.41, 5.74) is 4.29. The topological polar surface area (TPSA) is 107 Å². The van der Waals surface area contributed by atoms with Gasteiger partial charge in [-0.1, -0.05) is 19.8 Å². The molecule has 0 heterocycles. The second-order valence-electron chi connectivity index (χ2n) is 2.30. The summed E-state index contributed by atoms with van der Waals surface area (Å²) in [4.78, 5) is 14.9. The average molecular weight is 199 g/mol. The van der Waals surface area contributed by atoms with Gasteiger partial charge in [-0.15, -0.1) is 0 Å². The van der Waals surface area contributed by atoms with E-state index in [4.69, 9.17) is 20.0 Å². The minimum absolute atomic E-state index is 0.522. The van der Waals surface area contributed by atoms with Crippen LogP contribution in [0.25, 0.3) is 0 Å². The largest absolute Gasteiger partial charge is 0.368 e. The van der Waals surface area contributed by atoms with E-state index in [-0.39, 0.29) is 0 Å². The van der Waals surface area contributed by atoms with Crippen molar-refractivity contribution in [1.82, 2.24) is 0 Å². The Bertz CT molecular complexity index is 79.2. The van der Waals surface area contributed by atoms with Gasteiger partial charge in [0.1, 0.15) is 0 Å². The lowest BCUT2D eigenvalue weighted by atomic mass is 10.2.